The van der Waals surface area contributed by atoms with Crippen molar-refractivity contribution in [3.05, 3.63) is 71.0 Å². The minimum atomic E-state index is -0.440. The van der Waals surface area contributed by atoms with E-state index in [0.29, 0.717) is 12.0 Å². The fourth-order valence-electron chi connectivity index (χ4n) is 3.29. The van der Waals surface area contributed by atoms with Crippen molar-refractivity contribution in [3.63, 3.8) is 0 Å². The Morgan fingerprint density at radius 1 is 1.17 bits per heavy atom. The summed E-state index contributed by atoms with van der Waals surface area (Å²) in [4.78, 5) is 24.6. The van der Waals surface area contributed by atoms with E-state index in [-0.39, 0.29) is 29.9 Å². The first kappa shape index (κ1) is 15.4. The first-order chi connectivity index (χ1) is 11.1. The molecular formula is C19H17FO3. The number of fused-ring (bicyclic) bond motifs is 1. The number of carbonyl (C=O) groups is 2. The third kappa shape index (κ3) is 3.02. The molecule has 3 rings (SSSR count). The second kappa shape index (κ2) is 6.32. The van der Waals surface area contributed by atoms with Gasteiger partial charge in [-0.2, -0.15) is 0 Å². The van der Waals surface area contributed by atoms with Crippen molar-refractivity contribution in [2.24, 2.45) is 5.92 Å². The normalized spacial score (nSPS) is 19.2. The summed E-state index contributed by atoms with van der Waals surface area (Å²) in [6.45, 7) is 0. The average Bonchev–Trinajstić information content (AvgIpc) is 2.93. The lowest BCUT2D eigenvalue weighted by atomic mass is 9.86. The van der Waals surface area contributed by atoms with E-state index >= 15 is 0 Å². The van der Waals surface area contributed by atoms with Gasteiger partial charge in [0.1, 0.15) is 5.82 Å². The molecule has 1 aliphatic carbocycles. The SMILES string of the molecule is COC(=O)[C@H]1Cc2ccc(F)cc2[C@H]1CC(=O)c1ccccc1. The molecule has 0 unspecified atom stereocenters. The number of hydrogen-bond acceptors (Lipinski definition) is 3. The number of rotatable bonds is 4. The van der Waals surface area contributed by atoms with Crippen LogP contribution in [0.3, 0.4) is 0 Å². The maximum atomic E-state index is 13.6. The van der Waals surface area contributed by atoms with Crippen molar-refractivity contribution in [2.45, 2.75) is 18.8 Å². The molecule has 0 spiro atoms. The lowest BCUT2D eigenvalue weighted by Gasteiger charge is -2.18. The Labute approximate surface area is 134 Å². The molecule has 2 aromatic carbocycles. The van der Waals surface area contributed by atoms with Crippen LogP contribution in [0, 0.1) is 11.7 Å². The number of hydrogen-bond donors (Lipinski definition) is 0. The number of ether oxygens (including phenoxy) is 1. The second-order valence-corrected chi connectivity index (χ2v) is 5.78. The van der Waals surface area contributed by atoms with Crippen LogP contribution in [0.5, 0.6) is 0 Å². The fourth-order valence-corrected chi connectivity index (χ4v) is 3.29. The van der Waals surface area contributed by atoms with Gasteiger partial charge in [-0.3, -0.25) is 9.59 Å². The van der Waals surface area contributed by atoms with E-state index in [9.17, 15) is 14.0 Å². The van der Waals surface area contributed by atoms with Crippen LogP contribution in [-0.2, 0) is 16.0 Å². The van der Waals surface area contributed by atoms with Gasteiger partial charge in [-0.25, -0.2) is 4.39 Å². The van der Waals surface area contributed by atoms with E-state index in [1.807, 2.05) is 6.07 Å². The van der Waals surface area contributed by atoms with Gasteiger partial charge in [-0.1, -0.05) is 36.4 Å². The Bertz CT molecular complexity index is 740. The van der Waals surface area contributed by atoms with E-state index in [0.717, 1.165) is 11.1 Å². The molecular weight excluding hydrogens is 295 g/mol. The Morgan fingerprint density at radius 3 is 2.61 bits per heavy atom. The molecule has 0 N–H and O–H groups in total. The van der Waals surface area contributed by atoms with E-state index in [1.165, 1.54) is 19.2 Å². The van der Waals surface area contributed by atoms with Crippen LogP contribution < -0.4 is 0 Å². The molecule has 0 aromatic heterocycles. The third-order valence-electron chi connectivity index (χ3n) is 4.44. The topological polar surface area (TPSA) is 43.4 Å². The van der Waals surface area contributed by atoms with Gasteiger partial charge >= 0.3 is 5.97 Å². The second-order valence-electron chi connectivity index (χ2n) is 5.78. The molecule has 0 aliphatic heterocycles. The van der Waals surface area contributed by atoms with Gasteiger partial charge in [0, 0.05) is 17.9 Å². The molecule has 0 fully saturated rings. The molecule has 23 heavy (non-hydrogen) atoms. The van der Waals surface area contributed by atoms with Gasteiger partial charge in [0.25, 0.3) is 0 Å². The fraction of sp³-hybridized carbons (Fsp3) is 0.263. The molecule has 2 aromatic rings. The Hall–Kier alpha value is -2.49. The standard InChI is InChI=1S/C19H17FO3/c1-23-19(22)17-9-13-7-8-14(20)10-15(13)16(17)11-18(21)12-5-3-2-4-6-12/h2-8,10,16-17H,9,11H2,1H3/t16-,17+/m1/s1. The van der Waals surface area contributed by atoms with Gasteiger partial charge in [0.2, 0.25) is 0 Å². The quantitative estimate of drug-likeness (QED) is 0.641. The van der Waals surface area contributed by atoms with E-state index in [1.54, 1.807) is 30.3 Å². The lowest BCUT2D eigenvalue weighted by molar-refractivity contribution is -0.145. The molecule has 1 aliphatic rings. The Morgan fingerprint density at radius 2 is 1.91 bits per heavy atom. The average molecular weight is 312 g/mol. The van der Waals surface area contributed by atoms with Crippen LogP contribution in [-0.4, -0.2) is 18.9 Å². The summed E-state index contributed by atoms with van der Waals surface area (Å²) in [6.07, 6.45) is 0.648. The van der Waals surface area contributed by atoms with Crippen molar-refractivity contribution in [2.75, 3.05) is 7.11 Å². The predicted octanol–water partition coefficient (Wildman–Crippen LogP) is 3.53. The molecule has 118 valence electrons. The molecule has 0 saturated heterocycles. The van der Waals surface area contributed by atoms with Crippen LogP contribution in [0.25, 0.3) is 0 Å². The number of esters is 1. The third-order valence-corrected chi connectivity index (χ3v) is 4.44. The van der Waals surface area contributed by atoms with Gasteiger partial charge in [-0.05, 0) is 29.7 Å². The van der Waals surface area contributed by atoms with Crippen molar-refractivity contribution < 1.29 is 18.7 Å². The highest BCUT2D eigenvalue weighted by molar-refractivity contribution is 5.97. The molecule has 0 heterocycles. The molecule has 0 radical (unpaired) electrons. The smallest absolute Gasteiger partial charge is 0.309 e. The van der Waals surface area contributed by atoms with E-state index < -0.39 is 5.92 Å². The maximum absolute atomic E-state index is 13.6. The highest BCUT2D eigenvalue weighted by Gasteiger charge is 2.39. The highest BCUT2D eigenvalue weighted by Crippen LogP contribution is 2.41. The van der Waals surface area contributed by atoms with Crippen molar-refractivity contribution >= 4 is 11.8 Å². The molecule has 0 bridgehead atoms. The number of benzene rings is 2. The minimum Gasteiger partial charge on any atom is -0.469 e. The first-order valence-corrected chi connectivity index (χ1v) is 7.54. The van der Waals surface area contributed by atoms with E-state index in [4.69, 9.17) is 4.74 Å². The van der Waals surface area contributed by atoms with Gasteiger partial charge < -0.3 is 4.74 Å². The number of methoxy groups -OCH3 is 1. The zero-order valence-corrected chi connectivity index (χ0v) is 12.8. The summed E-state index contributed by atoms with van der Waals surface area (Å²) in [7, 11) is 1.34. The van der Waals surface area contributed by atoms with Gasteiger partial charge in [0.05, 0.1) is 13.0 Å². The molecule has 2 atom stereocenters. The Balaban J connectivity index is 1.92. The molecule has 0 amide bonds. The van der Waals surface area contributed by atoms with Gasteiger partial charge in [-0.15, -0.1) is 0 Å². The lowest BCUT2D eigenvalue weighted by Crippen LogP contribution is -2.22. The zero-order chi connectivity index (χ0) is 16.4. The van der Waals surface area contributed by atoms with E-state index in [2.05, 4.69) is 0 Å². The first-order valence-electron chi connectivity index (χ1n) is 7.54. The summed E-state index contributed by atoms with van der Waals surface area (Å²) in [5.74, 6) is -1.55. The van der Waals surface area contributed by atoms with Crippen LogP contribution in [0.15, 0.2) is 48.5 Å². The summed E-state index contributed by atoms with van der Waals surface area (Å²) in [5, 5.41) is 0. The van der Waals surface area contributed by atoms with Crippen molar-refractivity contribution in [1.82, 2.24) is 0 Å². The molecule has 0 saturated carbocycles. The number of Topliss-reactive ketones (excluding diaryl/α,β-unsaturated/α-hetero) is 1. The van der Waals surface area contributed by atoms with Crippen LogP contribution in [0.2, 0.25) is 0 Å². The number of carbonyl (C=O) groups excluding carboxylic acids is 2. The zero-order valence-electron chi connectivity index (χ0n) is 12.8. The predicted molar refractivity (Wildman–Crippen MR) is 83.7 cm³/mol. The van der Waals surface area contributed by atoms with Crippen LogP contribution in [0.4, 0.5) is 4.39 Å². The van der Waals surface area contributed by atoms with Crippen molar-refractivity contribution in [3.8, 4) is 0 Å². The van der Waals surface area contributed by atoms with Gasteiger partial charge in [0.15, 0.2) is 5.78 Å². The van der Waals surface area contributed by atoms with Crippen LogP contribution in [0.1, 0.15) is 33.8 Å². The number of halogens is 1. The molecule has 4 heteroatoms. The largest absolute Gasteiger partial charge is 0.469 e. The maximum Gasteiger partial charge on any atom is 0.309 e. The summed E-state index contributed by atoms with van der Waals surface area (Å²) in [6, 6.07) is 13.4. The summed E-state index contributed by atoms with van der Waals surface area (Å²) >= 11 is 0. The minimum absolute atomic E-state index is 0.0541. The molecule has 3 nitrogen and oxygen atoms in total. The summed E-state index contributed by atoms with van der Waals surface area (Å²) < 4.78 is 18.5. The monoisotopic (exact) mass is 312 g/mol. The van der Waals surface area contributed by atoms with Crippen LogP contribution >= 0.6 is 0 Å². The summed E-state index contributed by atoms with van der Waals surface area (Å²) in [5.41, 5.74) is 2.25. The highest BCUT2D eigenvalue weighted by atomic mass is 19.1. The number of ketones is 1. The van der Waals surface area contributed by atoms with Crippen molar-refractivity contribution in [1.29, 1.82) is 0 Å². The Kier molecular flexibility index (Phi) is 4.24.